The first-order valence-electron chi connectivity index (χ1n) is 8.33. The van der Waals surface area contributed by atoms with Gasteiger partial charge in [0.2, 0.25) is 0 Å². The summed E-state index contributed by atoms with van der Waals surface area (Å²) in [5.41, 5.74) is 2.80. The molecule has 0 aromatic rings. The Kier molecular flexibility index (Phi) is 5.88. The molecule has 2 fully saturated rings. The van der Waals surface area contributed by atoms with Crippen LogP contribution in [0.5, 0.6) is 0 Å². The highest BCUT2D eigenvalue weighted by Gasteiger charge is 2.25. The van der Waals surface area contributed by atoms with Crippen LogP contribution in [0.15, 0.2) is 0 Å². The van der Waals surface area contributed by atoms with Gasteiger partial charge in [0.25, 0.3) is 0 Å². The fourth-order valence-corrected chi connectivity index (χ4v) is 3.03. The van der Waals surface area contributed by atoms with Gasteiger partial charge in [-0.15, -0.1) is 0 Å². The SMILES string of the molecule is CC(C)(C)OC(=O)NC1CCC(NOC2CCCC2)CC1. The second-order valence-corrected chi connectivity index (χ2v) is 7.34. The van der Waals surface area contributed by atoms with E-state index in [0.717, 1.165) is 25.7 Å². The highest BCUT2D eigenvalue weighted by Crippen LogP contribution is 2.23. The lowest BCUT2D eigenvalue weighted by molar-refractivity contribution is -0.0473. The number of hydrogen-bond acceptors (Lipinski definition) is 4. The third-order valence-corrected chi connectivity index (χ3v) is 4.15. The molecule has 122 valence electrons. The summed E-state index contributed by atoms with van der Waals surface area (Å²) in [7, 11) is 0. The smallest absolute Gasteiger partial charge is 0.407 e. The molecule has 0 aromatic heterocycles. The minimum absolute atomic E-state index is 0.226. The molecule has 0 heterocycles. The van der Waals surface area contributed by atoms with E-state index < -0.39 is 5.60 Å². The van der Waals surface area contributed by atoms with Crippen LogP contribution in [0.4, 0.5) is 4.79 Å². The zero-order chi connectivity index (χ0) is 15.3. The summed E-state index contributed by atoms with van der Waals surface area (Å²) >= 11 is 0. The van der Waals surface area contributed by atoms with Crippen LogP contribution < -0.4 is 10.8 Å². The fourth-order valence-electron chi connectivity index (χ4n) is 3.03. The van der Waals surface area contributed by atoms with Gasteiger partial charge in [0.1, 0.15) is 5.60 Å². The van der Waals surface area contributed by atoms with Gasteiger partial charge in [-0.25, -0.2) is 4.79 Å². The third-order valence-electron chi connectivity index (χ3n) is 4.15. The van der Waals surface area contributed by atoms with E-state index >= 15 is 0 Å². The number of rotatable bonds is 4. The van der Waals surface area contributed by atoms with Gasteiger partial charge in [-0.3, -0.25) is 4.84 Å². The first-order valence-corrected chi connectivity index (χ1v) is 8.33. The van der Waals surface area contributed by atoms with Gasteiger partial charge >= 0.3 is 6.09 Å². The molecule has 1 amide bonds. The van der Waals surface area contributed by atoms with E-state index in [-0.39, 0.29) is 12.1 Å². The van der Waals surface area contributed by atoms with Gasteiger partial charge in [0.05, 0.1) is 6.10 Å². The third kappa shape index (κ3) is 6.22. The number of alkyl carbamates (subject to hydrolysis) is 1. The summed E-state index contributed by atoms with van der Waals surface area (Å²) in [6, 6.07) is 0.645. The topological polar surface area (TPSA) is 59.6 Å². The number of carbonyl (C=O) groups excluding carboxylic acids is 1. The van der Waals surface area contributed by atoms with Crippen molar-refractivity contribution in [2.45, 2.75) is 95.9 Å². The van der Waals surface area contributed by atoms with Gasteiger partial charge in [0.15, 0.2) is 0 Å². The van der Waals surface area contributed by atoms with Gasteiger partial charge in [-0.05, 0) is 59.3 Å². The Balaban J connectivity index is 1.60. The Morgan fingerprint density at radius 1 is 0.952 bits per heavy atom. The minimum Gasteiger partial charge on any atom is -0.444 e. The molecule has 2 saturated carbocycles. The second-order valence-electron chi connectivity index (χ2n) is 7.34. The number of hydrogen-bond donors (Lipinski definition) is 2. The quantitative estimate of drug-likeness (QED) is 0.782. The van der Waals surface area contributed by atoms with Crippen molar-refractivity contribution in [2.75, 3.05) is 0 Å². The highest BCUT2D eigenvalue weighted by molar-refractivity contribution is 5.68. The zero-order valence-electron chi connectivity index (χ0n) is 13.6. The second kappa shape index (κ2) is 7.45. The average Bonchev–Trinajstić information content (AvgIpc) is 2.89. The van der Waals surface area contributed by atoms with Crippen molar-refractivity contribution in [1.82, 2.24) is 10.8 Å². The van der Waals surface area contributed by atoms with Crippen molar-refractivity contribution in [2.24, 2.45) is 0 Å². The number of ether oxygens (including phenoxy) is 1. The molecule has 2 aliphatic rings. The average molecular weight is 298 g/mol. The molecular weight excluding hydrogens is 268 g/mol. The lowest BCUT2D eigenvalue weighted by Crippen LogP contribution is -2.44. The molecule has 2 aliphatic carbocycles. The Labute approximate surface area is 128 Å². The number of nitrogens with one attached hydrogen (secondary N) is 2. The first kappa shape index (κ1) is 16.6. The van der Waals surface area contributed by atoms with Crippen LogP contribution in [0.1, 0.15) is 72.1 Å². The van der Waals surface area contributed by atoms with E-state index in [1.807, 2.05) is 20.8 Å². The monoisotopic (exact) mass is 298 g/mol. The van der Waals surface area contributed by atoms with E-state index in [1.54, 1.807) is 0 Å². The van der Waals surface area contributed by atoms with Gasteiger partial charge < -0.3 is 10.1 Å². The normalized spacial score (nSPS) is 27.6. The highest BCUT2D eigenvalue weighted by atomic mass is 16.7. The lowest BCUT2D eigenvalue weighted by atomic mass is 9.92. The summed E-state index contributed by atoms with van der Waals surface area (Å²) in [6.07, 6.45) is 9.07. The summed E-state index contributed by atoms with van der Waals surface area (Å²) in [4.78, 5) is 17.5. The molecule has 21 heavy (non-hydrogen) atoms. The van der Waals surface area contributed by atoms with Crippen molar-refractivity contribution < 1.29 is 14.4 Å². The Morgan fingerprint density at radius 2 is 1.52 bits per heavy atom. The van der Waals surface area contributed by atoms with Crippen molar-refractivity contribution >= 4 is 6.09 Å². The minimum atomic E-state index is -0.433. The Morgan fingerprint density at radius 3 is 2.10 bits per heavy atom. The van der Waals surface area contributed by atoms with Crippen LogP contribution >= 0.6 is 0 Å². The molecule has 2 rings (SSSR count). The first-order chi connectivity index (χ1) is 9.92. The van der Waals surface area contributed by atoms with Crippen molar-refractivity contribution in [3.05, 3.63) is 0 Å². The van der Waals surface area contributed by atoms with Gasteiger partial charge in [-0.2, -0.15) is 5.48 Å². The van der Waals surface area contributed by atoms with E-state index in [0.29, 0.717) is 12.1 Å². The number of hydroxylamine groups is 1. The van der Waals surface area contributed by atoms with Crippen LogP contribution in [0.3, 0.4) is 0 Å². The Hall–Kier alpha value is -0.810. The maximum absolute atomic E-state index is 11.7. The van der Waals surface area contributed by atoms with E-state index in [1.165, 1.54) is 25.7 Å². The summed E-state index contributed by atoms with van der Waals surface area (Å²) in [5.74, 6) is 0. The van der Waals surface area contributed by atoms with Crippen LogP contribution in [-0.4, -0.2) is 29.9 Å². The van der Waals surface area contributed by atoms with Crippen molar-refractivity contribution in [1.29, 1.82) is 0 Å². The van der Waals surface area contributed by atoms with Gasteiger partial charge in [-0.1, -0.05) is 12.8 Å². The maximum Gasteiger partial charge on any atom is 0.407 e. The summed E-state index contributed by atoms with van der Waals surface area (Å²) in [6.45, 7) is 5.65. The lowest BCUT2D eigenvalue weighted by Gasteiger charge is -2.30. The predicted molar refractivity (Wildman–Crippen MR) is 81.9 cm³/mol. The molecule has 2 N–H and O–H groups in total. The van der Waals surface area contributed by atoms with Crippen LogP contribution in [0.2, 0.25) is 0 Å². The molecule has 0 saturated heterocycles. The molecule has 0 aliphatic heterocycles. The van der Waals surface area contributed by atoms with Crippen molar-refractivity contribution in [3.63, 3.8) is 0 Å². The molecular formula is C16H30N2O3. The molecule has 5 nitrogen and oxygen atoms in total. The number of amides is 1. The Bertz CT molecular complexity index is 327. The molecule has 0 unspecified atom stereocenters. The predicted octanol–water partition coefficient (Wildman–Crippen LogP) is 3.29. The maximum atomic E-state index is 11.7. The van der Waals surface area contributed by atoms with Crippen LogP contribution in [0.25, 0.3) is 0 Å². The largest absolute Gasteiger partial charge is 0.444 e. The molecule has 0 radical (unpaired) electrons. The van der Waals surface area contributed by atoms with Crippen molar-refractivity contribution in [3.8, 4) is 0 Å². The molecule has 0 spiro atoms. The number of carbonyl (C=O) groups is 1. The van der Waals surface area contributed by atoms with E-state index in [2.05, 4.69) is 10.8 Å². The van der Waals surface area contributed by atoms with Crippen LogP contribution in [0, 0.1) is 0 Å². The van der Waals surface area contributed by atoms with E-state index in [4.69, 9.17) is 9.57 Å². The zero-order valence-corrected chi connectivity index (χ0v) is 13.6. The standard InChI is InChI=1S/C16H30N2O3/c1-16(2,3)20-15(19)17-12-8-10-13(11-9-12)18-21-14-6-4-5-7-14/h12-14,18H,4-11H2,1-3H3,(H,17,19). The van der Waals surface area contributed by atoms with Gasteiger partial charge in [0, 0.05) is 12.1 Å². The summed E-state index contributed by atoms with van der Waals surface area (Å²) < 4.78 is 5.29. The molecule has 0 aromatic carbocycles. The molecule has 0 bridgehead atoms. The fraction of sp³-hybridized carbons (Fsp3) is 0.938. The van der Waals surface area contributed by atoms with Crippen LogP contribution in [-0.2, 0) is 9.57 Å². The molecule has 5 heteroatoms. The molecule has 0 atom stereocenters. The summed E-state index contributed by atoms with van der Waals surface area (Å²) in [5, 5.41) is 2.96. The van der Waals surface area contributed by atoms with E-state index in [9.17, 15) is 4.79 Å².